The zero-order chi connectivity index (χ0) is 13.9. The fourth-order valence-corrected chi connectivity index (χ4v) is 3.19. The minimum Gasteiger partial charge on any atom is -0.293 e. The molecular formula is C17H22N2O. The standard InChI is InChI=1S/C17H22N2O/c1-18-12-11-17(20)19(18)13-14-7-9-16(10-8-14)15-5-3-2-4-6-15/h7-12,15H,2-6,13H2,1H3. The van der Waals surface area contributed by atoms with Crippen LogP contribution in [-0.2, 0) is 13.6 Å². The predicted octanol–water partition coefficient (Wildman–Crippen LogP) is 3.28. The Morgan fingerprint density at radius 3 is 2.35 bits per heavy atom. The zero-order valence-corrected chi connectivity index (χ0v) is 12.1. The molecular weight excluding hydrogens is 248 g/mol. The summed E-state index contributed by atoms with van der Waals surface area (Å²) < 4.78 is 3.59. The Morgan fingerprint density at radius 1 is 1.05 bits per heavy atom. The minimum atomic E-state index is 0.0591. The van der Waals surface area contributed by atoms with Gasteiger partial charge in [-0.25, -0.2) is 4.68 Å². The minimum absolute atomic E-state index is 0.0591. The third-order valence-electron chi connectivity index (χ3n) is 4.46. The summed E-state index contributed by atoms with van der Waals surface area (Å²) in [6.07, 6.45) is 8.59. The summed E-state index contributed by atoms with van der Waals surface area (Å²) in [6, 6.07) is 10.4. The molecule has 3 rings (SSSR count). The highest BCUT2D eigenvalue weighted by Crippen LogP contribution is 2.32. The van der Waals surface area contributed by atoms with Gasteiger partial charge in [-0.2, -0.15) is 0 Å². The molecule has 1 saturated carbocycles. The Bertz CT molecular complexity index is 615. The molecule has 0 spiro atoms. The Hall–Kier alpha value is -1.77. The second-order valence-corrected chi connectivity index (χ2v) is 5.86. The number of benzene rings is 1. The van der Waals surface area contributed by atoms with E-state index in [4.69, 9.17) is 0 Å². The molecule has 3 heteroatoms. The van der Waals surface area contributed by atoms with Crippen LogP contribution in [0.5, 0.6) is 0 Å². The SMILES string of the molecule is Cn1ccc(=O)n1Cc1ccc(C2CCCCC2)cc1. The molecule has 0 N–H and O–H groups in total. The van der Waals surface area contributed by atoms with Crippen LogP contribution in [0.2, 0.25) is 0 Å². The largest absolute Gasteiger partial charge is 0.293 e. The summed E-state index contributed by atoms with van der Waals surface area (Å²) in [4.78, 5) is 11.7. The van der Waals surface area contributed by atoms with Crippen molar-refractivity contribution >= 4 is 0 Å². The van der Waals surface area contributed by atoms with Crippen LogP contribution in [-0.4, -0.2) is 9.36 Å². The first-order valence-corrected chi connectivity index (χ1v) is 7.55. The van der Waals surface area contributed by atoms with E-state index in [1.807, 2.05) is 11.7 Å². The van der Waals surface area contributed by atoms with Crippen molar-refractivity contribution in [3.05, 3.63) is 58.0 Å². The van der Waals surface area contributed by atoms with Crippen LogP contribution in [0.4, 0.5) is 0 Å². The van der Waals surface area contributed by atoms with Gasteiger partial charge in [-0.3, -0.25) is 9.48 Å². The Balaban J connectivity index is 1.74. The Kier molecular flexibility index (Phi) is 3.77. The van der Waals surface area contributed by atoms with E-state index in [0.717, 1.165) is 5.92 Å². The van der Waals surface area contributed by atoms with E-state index in [1.165, 1.54) is 43.2 Å². The number of nitrogens with zero attached hydrogens (tertiary/aromatic N) is 2. The maximum Gasteiger partial charge on any atom is 0.266 e. The smallest absolute Gasteiger partial charge is 0.266 e. The lowest BCUT2D eigenvalue weighted by atomic mass is 9.84. The lowest BCUT2D eigenvalue weighted by molar-refractivity contribution is 0.443. The first kappa shape index (κ1) is 13.2. The summed E-state index contributed by atoms with van der Waals surface area (Å²) in [5.74, 6) is 0.746. The number of rotatable bonds is 3. The summed E-state index contributed by atoms with van der Waals surface area (Å²) in [5.41, 5.74) is 2.71. The van der Waals surface area contributed by atoms with Crippen molar-refractivity contribution in [2.75, 3.05) is 0 Å². The van der Waals surface area contributed by atoms with E-state index >= 15 is 0 Å². The molecule has 1 aromatic heterocycles. The maximum atomic E-state index is 11.7. The number of hydrogen-bond acceptors (Lipinski definition) is 1. The van der Waals surface area contributed by atoms with Gasteiger partial charge in [-0.05, 0) is 29.9 Å². The van der Waals surface area contributed by atoms with Crippen LogP contribution in [0.1, 0.15) is 49.1 Å². The predicted molar refractivity (Wildman–Crippen MR) is 81.0 cm³/mol. The second kappa shape index (κ2) is 5.70. The van der Waals surface area contributed by atoms with Gasteiger partial charge in [0.2, 0.25) is 0 Å². The molecule has 0 radical (unpaired) electrons. The lowest BCUT2D eigenvalue weighted by Crippen LogP contribution is -2.21. The fraction of sp³-hybridized carbons (Fsp3) is 0.471. The van der Waals surface area contributed by atoms with Gasteiger partial charge in [0, 0.05) is 19.3 Å². The average molecular weight is 270 g/mol. The molecule has 0 amide bonds. The van der Waals surface area contributed by atoms with Crippen LogP contribution in [0, 0.1) is 0 Å². The molecule has 3 nitrogen and oxygen atoms in total. The molecule has 1 aliphatic carbocycles. The van der Waals surface area contributed by atoms with Crippen LogP contribution in [0.3, 0.4) is 0 Å². The number of hydrogen-bond donors (Lipinski definition) is 0. The number of aryl methyl sites for hydroxylation is 1. The van der Waals surface area contributed by atoms with Crippen LogP contribution < -0.4 is 5.56 Å². The quantitative estimate of drug-likeness (QED) is 0.841. The maximum absolute atomic E-state index is 11.7. The van der Waals surface area contributed by atoms with E-state index < -0.39 is 0 Å². The lowest BCUT2D eigenvalue weighted by Gasteiger charge is -2.22. The van der Waals surface area contributed by atoms with E-state index in [9.17, 15) is 4.79 Å². The van der Waals surface area contributed by atoms with Gasteiger partial charge in [0.1, 0.15) is 0 Å². The van der Waals surface area contributed by atoms with Crippen LogP contribution in [0.15, 0.2) is 41.3 Å². The molecule has 1 fully saturated rings. The molecule has 0 saturated heterocycles. The van der Waals surface area contributed by atoms with Crippen LogP contribution in [0.25, 0.3) is 0 Å². The Morgan fingerprint density at radius 2 is 1.75 bits per heavy atom. The molecule has 0 aliphatic heterocycles. The third-order valence-corrected chi connectivity index (χ3v) is 4.46. The summed E-state index contributed by atoms with van der Waals surface area (Å²) in [5, 5.41) is 0. The van der Waals surface area contributed by atoms with Crippen molar-refractivity contribution in [1.29, 1.82) is 0 Å². The van der Waals surface area contributed by atoms with Gasteiger partial charge < -0.3 is 0 Å². The molecule has 1 aromatic carbocycles. The first-order chi connectivity index (χ1) is 9.74. The van der Waals surface area contributed by atoms with E-state index in [2.05, 4.69) is 24.3 Å². The highest BCUT2D eigenvalue weighted by Gasteiger charge is 2.15. The highest BCUT2D eigenvalue weighted by atomic mass is 16.1. The third kappa shape index (κ3) is 2.72. The van der Waals surface area contributed by atoms with Gasteiger partial charge in [-0.15, -0.1) is 0 Å². The summed E-state index contributed by atoms with van der Waals surface area (Å²) in [6.45, 7) is 0.646. The molecule has 0 bridgehead atoms. The average Bonchev–Trinajstić information content (AvgIpc) is 2.81. The first-order valence-electron chi connectivity index (χ1n) is 7.55. The van der Waals surface area contributed by atoms with Crippen molar-refractivity contribution < 1.29 is 0 Å². The summed E-state index contributed by atoms with van der Waals surface area (Å²) >= 11 is 0. The van der Waals surface area contributed by atoms with Gasteiger partial charge in [0.05, 0.1) is 6.54 Å². The molecule has 106 valence electrons. The van der Waals surface area contributed by atoms with Gasteiger partial charge in [0.15, 0.2) is 0 Å². The highest BCUT2D eigenvalue weighted by molar-refractivity contribution is 5.26. The second-order valence-electron chi connectivity index (χ2n) is 5.86. The fourth-order valence-electron chi connectivity index (χ4n) is 3.19. The van der Waals surface area contributed by atoms with E-state index in [0.29, 0.717) is 6.54 Å². The normalized spacial score (nSPS) is 16.4. The molecule has 0 atom stereocenters. The van der Waals surface area contributed by atoms with Crippen molar-refractivity contribution in [2.24, 2.45) is 7.05 Å². The molecule has 0 unspecified atom stereocenters. The van der Waals surface area contributed by atoms with E-state index in [-0.39, 0.29) is 5.56 Å². The molecule has 1 heterocycles. The van der Waals surface area contributed by atoms with Gasteiger partial charge in [0.25, 0.3) is 5.56 Å². The van der Waals surface area contributed by atoms with Crippen LogP contribution >= 0.6 is 0 Å². The van der Waals surface area contributed by atoms with Gasteiger partial charge in [-0.1, -0.05) is 43.5 Å². The van der Waals surface area contributed by atoms with E-state index in [1.54, 1.807) is 16.9 Å². The van der Waals surface area contributed by atoms with Crippen molar-refractivity contribution in [3.63, 3.8) is 0 Å². The Labute approximate surface area is 119 Å². The van der Waals surface area contributed by atoms with Crippen molar-refractivity contribution in [3.8, 4) is 0 Å². The van der Waals surface area contributed by atoms with Crippen molar-refractivity contribution in [1.82, 2.24) is 9.36 Å². The molecule has 1 aliphatic rings. The van der Waals surface area contributed by atoms with Crippen molar-refractivity contribution in [2.45, 2.75) is 44.6 Å². The molecule has 20 heavy (non-hydrogen) atoms. The van der Waals surface area contributed by atoms with Gasteiger partial charge >= 0.3 is 0 Å². The topological polar surface area (TPSA) is 26.9 Å². The number of aromatic nitrogens is 2. The molecule has 2 aromatic rings. The summed E-state index contributed by atoms with van der Waals surface area (Å²) in [7, 11) is 1.90. The monoisotopic (exact) mass is 270 g/mol. The zero-order valence-electron chi connectivity index (χ0n) is 12.1.